The van der Waals surface area contributed by atoms with E-state index in [1.165, 1.54) is 32.1 Å². The van der Waals surface area contributed by atoms with Gasteiger partial charge in [-0.15, -0.1) is 0 Å². The van der Waals surface area contributed by atoms with Gasteiger partial charge in [0.25, 0.3) is 5.91 Å². The molecule has 0 aromatic heterocycles. The van der Waals surface area contributed by atoms with Crippen molar-refractivity contribution >= 4 is 5.91 Å². The van der Waals surface area contributed by atoms with Crippen LogP contribution in [0.15, 0.2) is 11.6 Å². The minimum atomic E-state index is 0.0475. The number of hydrazine groups is 1. The van der Waals surface area contributed by atoms with Gasteiger partial charge >= 0.3 is 0 Å². The molecule has 0 spiro atoms. The predicted molar refractivity (Wildman–Crippen MR) is 87.4 cm³/mol. The Morgan fingerprint density at radius 1 is 0.900 bits per heavy atom. The lowest BCUT2D eigenvalue weighted by atomic mass is 10.1. The molecule has 118 valence electrons. The summed E-state index contributed by atoms with van der Waals surface area (Å²) < 4.78 is 0. The fourth-order valence-electron chi connectivity index (χ4n) is 2.14. The van der Waals surface area contributed by atoms with Crippen LogP contribution in [0.1, 0.15) is 85.0 Å². The molecule has 3 heteroatoms. The van der Waals surface area contributed by atoms with Gasteiger partial charge in [0.15, 0.2) is 0 Å². The molecule has 1 amide bonds. The van der Waals surface area contributed by atoms with Crippen molar-refractivity contribution < 1.29 is 4.79 Å². The number of allylic oxidation sites excluding steroid dienone is 1. The summed E-state index contributed by atoms with van der Waals surface area (Å²) in [5, 5.41) is 0. The summed E-state index contributed by atoms with van der Waals surface area (Å²) in [5.74, 6) is 0.0475. The van der Waals surface area contributed by atoms with E-state index < -0.39 is 0 Å². The van der Waals surface area contributed by atoms with Crippen molar-refractivity contribution in [2.75, 3.05) is 6.54 Å². The van der Waals surface area contributed by atoms with Gasteiger partial charge in [0.05, 0.1) is 0 Å². The van der Waals surface area contributed by atoms with Crippen LogP contribution in [0.3, 0.4) is 0 Å². The molecule has 0 aromatic carbocycles. The van der Waals surface area contributed by atoms with E-state index in [4.69, 9.17) is 0 Å². The smallest absolute Gasteiger partial charge is 0.260 e. The molecular formula is C17H34N2O. The number of rotatable bonds is 13. The van der Waals surface area contributed by atoms with E-state index in [2.05, 4.69) is 31.6 Å². The summed E-state index contributed by atoms with van der Waals surface area (Å²) >= 11 is 0. The highest BCUT2D eigenvalue weighted by Crippen LogP contribution is 2.08. The highest BCUT2D eigenvalue weighted by molar-refractivity contribution is 5.92. The third-order valence-electron chi connectivity index (χ3n) is 3.40. The Kier molecular flexibility index (Phi) is 14.0. The monoisotopic (exact) mass is 282 g/mol. The van der Waals surface area contributed by atoms with Crippen LogP contribution in [0.5, 0.6) is 0 Å². The first-order chi connectivity index (χ1) is 9.76. The highest BCUT2D eigenvalue weighted by Gasteiger charge is 2.07. The number of hydrogen-bond donors (Lipinski definition) is 2. The number of hydrogen-bond acceptors (Lipinski definition) is 2. The first-order valence-corrected chi connectivity index (χ1v) is 8.48. The van der Waals surface area contributed by atoms with Crippen molar-refractivity contribution in [1.29, 1.82) is 0 Å². The van der Waals surface area contributed by atoms with Crippen molar-refractivity contribution in [3.8, 4) is 0 Å². The van der Waals surface area contributed by atoms with Gasteiger partial charge < -0.3 is 0 Å². The Balaban J connectivity index is 3.66. The van der Waals surface area contributed by atoms with E-state index in [0.717, 1.165) is 44.2 Å². The molecular weight excluding hydrogens is 248 g/mol. The summed E-state index contributed by atoms with van der Waals surface area (Å²) in [6.45, 7) is 7.32. The number of nitrogens with one attached hydrogen (secondary N) is 2. The van der Waals surface area contributed by atoms with E-state index in [1.807, 2.05) is 6.08 Å². The third-order valence-corrected chi connectivity index (χ3v) is 3.40. The topological polar surface area (TPSA) is 41.1 Å². The summed E-state index contributed by atoms with van der Waals surface area (Å²) in [6, 6.07) is 0. The Hall–Kier alpha value is -0.830. The van der Waals surface area contributed by atoms with E-state index >= 15 is 0 Å². The molecule has 0 aliphatic heterocycles. The minimum absolute atomic E-state index is 0.0475. The molecule has 0 fully saturated rings. The van der Waals surface area contributed by atoms with Gasteiger partial charge in [-0.1, -0.05) is 65.4 Å². The quantitative estimate of drug-likeness (QED) is 0.297. The number of carbonyl (C=O) groups is 1. The Morgan fingerprint density at radius 3 is 2.20 bits per heavy atom. The zero-order valence-electron chi connectivity index (χ0n) is 13.8. The Morgan fingerprint density at radius 2 is 1.55 bits per heavy atom. The number of carbonyl (C=O) groups excluding carboxylic acids is 1. The molecule has 0 saturated heterocycles. The van der Waals surface area contributed by atoms with Crippen LogP contribution in [-0.2, 0) is 4.79 Å². The molecule has 0 aliphatic rings. The largest absolute Gasteiger partial charge is 0.288 e. The summed E-state index contributed by atoms with van der Waals surface area (Å²) in [5.41, 5.74) is 6.79. The molecule has 0 rings (SSSR count). The lowest BCUT2D eigenvalue weighted by Gasteiger charge is -2.10. The molecule has 20 heavy (non-hydrogen) atoms. The molecule has 0 aliphatic carbocycles. The van der Waals surface area contributed by atoms with Crippen molar-refractivity contribution in [2.45, 2.75) is 85.0 Å². The summed E-state index contributed by atoms with van der Waals surface area (Å²) in [4.78, 5) is 12.0. The lowest BCUT2D eigenvalue weighted by molar-refractivity contribution is -0.118. The zero-order valence-corrected chi connectivity index (χ0v) is 13.8. The van der Waals surface area contributed by atoms with Crippen LogP contribution in [0.25, 0.3) is 0 Å². The SMILES string of the molecule is CC/C=C(\CCCC)C(=O)NNCCCCCCCC. The van der Waals surface area contributed by atoms with Gasteiger partial charge in [-0.3, -0.25) is 10.2 Å². The third kappa shape index (κ3) is 11.0. The zero-order chi connectivity index (χ0) is 15.1. The van der Waals surface area contributed by atoms with Crippen molar-refractivity contribution in [2.24, 2.45) is 0 Å². The maximum atomic E-state index is 12.0. The molecule has 0 aromatic rings. The van der Waals surface area contributed by atoms with Crippen LogP contribution in [-0.4, -0.2) is 12.5 Å². The van der Waals surface area contributed by atoms with E-state index in [1.54, 1.807) is 0 Å². The summed E-state index contributed by atoms with van der Waals surface area (Å²) in [7, 11) is 0. The second-order valence-corrected chi connectivity index (χ2v) is 5.39. The van der Waals surface area contributed by atoms with Crippen LogP contribution in [0.2, 0.25) is 0 Å². The lowest BCUT2D eigenvalue weighted by Crippen LogP contribution is -2.38. The van der Waals surface area contributed by atoms with E-state index in [9.17, 15) is 4.79 Å². The van der Waals surface area contributed by atoms with Crippen LogP contribution >= 0.6 is 0 Å². The Labute approximate surface area is 125 Å². The first kappa shape index (κ1) is 19.2. The molecule has 0 unspecified atom stereocenters. The van der Waals surface area contributed by atoms with Gasteiger partial charge in [-0.05, 0) is 25.7 Å². The predicted octanol–water partition coefficient (Wildman–Crippen LogP) is 4.49. The number of unbranched alkanes of at least 4 members (excludes halogenated alkanes) is 6. The van der Waals surface area contributed by atoms with Gasteiger partial charge in [0.2, 0.25) is 0 Å². The minimum Gasteiger partial charge on any atom is -0.288 e. The van der Waals surface area contributed by atoms with Crippen molar-refractivity contribution in [3.63, 3.8) is 0 Å². The molecule has 2 N–H and O–H groups in total. The van der Waals surface area contributed by atoms with Crippen LogP contribution in [0, 0.1) is 0 Å². The first-order valence-electron chi connectivity index (χ1n) is 8.48. The molecule has 0 radical (unpaired) electrons. The molecule has 3 nitrogen and oxygen atoms in total. The second kappa shape index (κ2) is 14.6. The normalized spacial score (nSPS) is 11.7. The maximum Gasteiger partial charge on any atom is 0.260 e. The van der Waals surface area contributed by atoms with E-state index in [0.29, 0.717) is 0 Å². The summed E-state index contributed by atoms with van der Waals surface area (Å²) in [6.07, 6.45) is 13.7. The van der Waals surface area contributed by atoms with Crippen LogP contribution in [0.4, 0.5) is 0 Å². The Bertz CT molecular complexity index is 262. The number of amides is 1. The molecule has 0 saturated carbocycles. The van der Waals surface area contributed by atoms with Crippen molar-refractivity contribution in [1.82, 2.24) is 10.9 Å². The second-order valence-electron chi connectivity index (χ2n) is 5.39. The standard InChI is InChI=1S/C17H34N2O/c1-4-7-9-10-11-12-15-18-19-17(20)16(13-6-3)14-8-5-2/h13,18H,4-12,14-15H2,1-3H3,(H,19,20)/b16-13+. The van der Waals surface area contributed by atoms with Gasteiger partial charge in [-0.2, -0.15) is 0 Å². The fraction of sp³-hybridized carbons (Fsp3) is 0.824. The fourth-order valence-corrected chi connectivity index (χ4v) is 2.14. The van der Waals surface area contributed by atoms with E-state index in [-0.39, 0.29) is 5.91 Å². The van der Waals surface area contributed by atoms with Gasteiger partial charge in [0.1, 0.15) is 0 Å². The average molecular weight is 282 g/mol. The van der Waals surface area contributed by atoms with Gasteiger partial charge in [-0.25, -0.2) is 5.43 Å². The molecule has 0 bridgehead atoms. The maximum absolute atomic E-state index is 12.0. The molecule has 0 atom stereocenters. The highest BCUT2D eigenvalue weighted by atomic mass is 16.2. The van der Waals surface area contributed by atoms with Crippen LogP contribution < -0.4 is 10.9 Å². The molecule has 0 heterocycles. The van der Waals surface area contributed by atoms with Gasteiger partial charge in [0, 0.05) is 12.1 Å². The van der Waals surface area contributed by atoms with Crippen molar-refractivity contribution in [3.05, 3.63) is 11.6 Å². The average Bonchev–Trinajstić information content (AvgIpc) is 2.46.